The second kappa shape index (κ2) is 14.5. The van der Waals surface area contributed by atoms with Crippen molar-refractivity contribution in [1.29, 1.82) is 0 Å². The minimum atomic E-state index is -0.273. The number of hydrogen-bond acceptors (Lipinski definition) is 5. The summed E-state index contributed by atoms with van der Waals surface area (Å²) in [6.45, 7) is 4.22. The summed E-state index contributed by atoms with van der Waals surface area (Å²) in [6.07, 6.45) is 1.43. The van der Waals surface area contributed by atoms with Gasteiger partial charge in [0.1, 0.15) is 12.2 Å². The van der Waals surface area contributed by atoms with Crippen LogP contribution in [-0.2, 0) is 45.2 Å². The first-order valence-electron chi connectivity index (χ1n) is 15.1. The minimum absolute atomic E-state index is 0.0688. The van der Waals surface area contributed by atoms with Gasteiger partial charge in [0.05, 0.1) is 38.6 Å². The molecule has 0 bridgehead atoms. The molecule has 5 heteroatoms. The number of ether oxygens (including phenoxy) is 4. The molecule has 0 aliphatic carbocycles. The molecule has 42 heavy (non-hydrogen) atoms. The first kappa shape index (κ1) is 29.2. The van der Waals surface area contributed by atoms with Crippen molar-refractivity contribution in [3.8, 4) is 0 Å². The summed E-state index contributed by atoms with van der Waals surface area (Å²) in [5, 5.41) is 0. The molecular weight excluding hydrogens is 540 g/mol. The third-order valence-corrected chi connectivity index (χ3v) is 9.37. The quantitative estimate of drug-likeness (QED) is 0.169. The number of thioether (sulfide) groups is 1. The van der Waals surface area contributed by atoms with E-state index in [1.54, 1.807) is 0 Å². The SMILES string of the molecule is CCCc1ccc2c(c1)[C@H]1O[C@H](COCc3ccccc3)[C@@H](OCc3ccccc3)[C@H](OCc3ccccc3)[C@H]1CS2. The maximum absolute atomic E-state index is 7.03. The Morgan fingerprint density at radius 2 is 1.29 bits per heavy atom. The lowest BCUT2D eigenvalue weighted by Gasteiger charge is -2.48. The van der Waals surface area contributed by atoms with E-state index in [-0.39, 0.29) is 30.3 Å². The van der Waals surface area contributed by atoms with Crippen LogP contribution in [0.5, 0.6) is 0 Å². The fraction of sp³-hybridized carbons (Fsp3) is 0.351. The number of benzene rings is 4. The monoisotopic (exact) mass is 580 g/mol. The zero-order valence-corrected chi connectivity index (χ0v) is 25.1. The van der Waals surface area contributed by atoms with Crippen LogP contribution in [0.15, 0.2) is 114 Å². The van der Waals surface area contributed by atoms with Gasteiger partial charge in [-0.3, -0.25) is 0 Å². The van der Waals surface area contributed by atoms with Crippen LogP contribution in [0.3, 0.4) is 0 Å². The molecule has 2 heterocycles. The van der Waals surface area contributed by atoms with Gasteiger partial charge in [0.25, 0.3) is 0 Å². The third-order valence-electron chi connectivity index (χ3n) is 8.14. The molecule has 218 valence electrons. The van der Waals surface area contributed by atoms with E-state index in [2.05, 4.69) is 85.8 Å². The highest BCUT2D eigenvalue weighted by Gasteiger charge is 2.49. The van der Waals surface area contributed by atoms with Crippen molar-refractivity contribution in [3.63, 3.8) is 0 Å². The molecule has 0 N–H and O–H groups in total. The molecule has 0 unspecified atom stereocenters. The molecule has 0 amide bonds. The Balaban J connectivity index is 1.30. The van der Waals surface area contributed by atoms with Crippen LogP contribution in [0.1, 0.15) is 47.3 Å². The van der Waals surface area contributed by atoms with Crippen LogP contribution in [0.2, 0.25) is 0 Å². The molecular formula is C37H40O4S. The molecule has 1 fully saturated rings. The number of aryl methyl sites for hydroxylation is 1. The molecule has 1 saturated heterocycles. The Morgan fingerprint density at radius 3 is 1.90 bits per heavy atom. The summed E-state index contributed by atoms with van der Waals surface area (Å²) in [4.78, 5) is 1.31. The zero-order chi connectivity index (χ0) is 28.6. The molecule has 2 aliphatic rings. The summed E-state index contributed by atoms with van der Waals surface area (Å²) in [5.41, 5.74) is 6.09. The molecule has 5 atom stereocenters. The first-order valence-corrected chi connectivity index (χ1v) is 16.1. The highest BCUT2D eigenvalue weighted by Crippen LogP contribution is 2.49. The lowest BCUT2D eigenvalue weighted by molar-refractivity contribution is -0.244. The lowest BCUT2D eigenvalue weighted by atomic mass is 9.83. The van der Waals surface area contributed by atoms with E-state index in [1.165, 1.54) is 16.0 Å². The minimum Gasteiger partial charge on any atom is -0.374 e. The zero-order valence-electron chi connectivity index (χ0n) is 24.3. The predicted molar refractivity (Wildman–Crippen MR) is 168 cm³/mol. The van der Waals surface area contributed by atoms with E-state index < -0.39 is 0 Å². The normalized spacial score (nSPS) is 23.2. The Labute approximate surface area is 254 Å². The molecule has 4 aromatic rings. The van der Waals surface area contributed by atoms with Gasteiger partial charge in [-0.1, -0.05) is 116 Å². The molecule has 0 aromatic heterocycles. The maximum Gasteiger partial charge on any atom is 0.113 e. The maximum atomic E-state index is 7.03. The average molecular weight is 581 g/mol. The van der Waals surface area contributed by atoms with Crippen molar-refractivity contribution in [2.75, 3.05) is 12.4 Å². The van der Waals surface area contributed by atoms with E-state index in [1.807, 2.05) is 42.1 Å². The van der Waals surface area contributed by atoms with Crippen LogP contribution in [-0.4, -0.2) is 30.7 Å². The van der Waals surface area contributed by atoms with Crippen molar-refractivity contribution in [3.05, 3.63) is 137 Å². The molecule has 4 aromatic carbocycles. The van der Waals surface area contributed by atoms with Crippen molar-refractivity contribution in [2.45, 2.75) is 68.9 Å². The van der Waals surface area contributed by atoms with Gasteiger partial charge in [-0.05, 0) is 40.3 Å². The topological polar surface area (TPSA) is 36.9 Å². The van der Waals surface area contributed by atoms with Crippen LogP contribution < -0.4 is 0 Å². The van der Waals surface area contributed by atoms with Crippen LogP contribution in [0.25, 0.3) is 0 Å². The van der Waals surface area contributed by atoms with Gasteiger partial charge >= 0.3 is 0 Å². The van der Waals surface area contributed by atoms with E-state index in [0.717, 1.165) is 35.3 Å². The van der Waals surface area contributed by atoms with Crippen molar-refractivity contribution in [2.24, 2.45) is 5.92 Å². The molecule has 4 nitrogen and oxygen atoms in total. The Bertz CT molecular complexity index is 1380. The molecule has 2 aliphatic heterocycles. The molecule has 6 rings (SSSR count). The number of rotatable bonds is 12. The van der Waals surface area contributed by atoms with Gasteiger partial charge in [0.2, 0.25) is 0 Å². The van der Waals surface area contributed by atoms with Gasteiger partial charge in [0.15, 0.2) is 0 Å². The summed E-state index contributed by atoms with van der Waals surface area (Å²) in [5.74, 6) is 1.08. The van der Waals surface area contributed by atoms with Gasteiger partial charge < -0.3 is 18.9 Å². The predicted octanol–water partition coefficient (Wildman–Crippen LogP) is 8.19. The molecule has 0 spiro atoms. The lowest BCUT2D eigenvalue weighted by Crippen LogP contribution is -2.56. The van der Waals surface area contributed by atoms with Crippen LogP contribution >= 0.6 is 11.8 Å². The van der Waals surface area contributed by atoms with Gasteiger partial charge in [-0.2, -0.15) is 0 Å². The third kappa shape index (κ3) is 7.16. The van der Waals surface area contributed by atoms with Gasteiger partial charge in [-0.15, -0.1) is 11.8 Å². The van der Waals surface area contributed by atoms with Crippen molar-refractivity contribution < 1.29 is 18.9 Å². The van der Waals surface area contributed by atoms with E-state index in [4.69, 9.17) is 18.9 Å². The Hall–Kier alpha value is -2.93. The van der Waals surface area contributed by atoms with Crippen LogP contribution in [0, 0.1) is 5.92 Å². The van der Waals surface area contributed by atoms with Crippen LogP contribution in [0.4, 0.5) is 0 Å². The van der Waals surface area contributed by atoms with E-state index in [9.17, 15) is 0 Å². The summed E-state index contributed by atoms with van der Waals surface area (Å²) in [6, 6.07) is 38.0. The standard InChI is InChI=1S/C37H40O4S/c1-2-12-27-19-20-34-31(21-27)35-32(26-42-34)36(39-23-29-15-8-4-9-16-29)37(40-24-30-17-10-5-11-18-30)33(41-35)25-38-22-28-13-6-3-7-14-28/h3-11,13-21,32-33,35-37H,2,12,22-26H2,1H3/t32-,33+,35+,36+,37+/m0/s1. The number of hydrogen-bond donors (Lipinski definition) is 0. The first-order chi connectivity index (χ1) is 20.8. The summed E-state index contributed by atoms with van der Waals surface area (Å²) in [7, 11) is 0. The van der Waals surface area contributed by atoms with E-state index in [0.29, 0.717) is 26.4 Å². The fourth-order valence-electron chi connectivity index (χ4n) is 6.02. The average Bonchev–Trinajstić information content (AvgIpc) is 3.04. The largest absolute Gasteiger partial charge is 0.374 e. The number of fused-ring (bicyclic) bond motifs is 3. The second-order valence-corrected chi connectivity index (χ2v) is 12.3. The fourth-order valence-corrected chi connectivity index (χ4v) is 7.26. The second-order valence-electron chi connectivity index (χ2n) is 11.2. The highest BCUT2D eigenvalue weighted by molar-refractivity contribution is 7.99. The van der Waals surface area contributed by atoms with Gasteiger partial charge in [-0.25, -0.2) is 0 Å². The Kier molecular flexibility index (Phi) is 10.1. The van der Waals surface area contributed by atoms with E-state index >= 15 is 0 Å². The van der Waals surface area contributed by atoms with Gasteiger partial charge in [0, 0.05) is 16.6 Å². The Morgan fingerprint density at radius 1 is 0.690 bits per heavy atom. The molecule has 0 saturated carbocycles. The van der Waals surface area contributed by atoms with Crippen molar-refractivity contribution >= 4 is 11.8 Å². The van der Waals surface area contributed by atoms with Crippen molar-refractivity contribution in [1.82, 2.24) is 0 Å². The smallest absolute Gasteiger partial charge is 0.113 e. The highest BCUT2D eigenvalue weighted by atomic mass is 32.2. The summed E-state index contributed by atoms with van der Waals surface area (Å²) < 4.78 is 26.9. The summed E-state index contributed by atoms with van der Waals surface area (Å²) >= 11 is 1.91. The molecule has 0 radical (unpaired) electrons.